The number of aryl methyl sites for hydroxylation is 1. The van der Waals surface area contributed by atoms with Crippen LogP contribution in [0.3, 0.4) is 0 Å². The molecule has 39 heavy (non-hydrogen) atoms. The van der Waals surface area contributed by atoms with E-state index in [0.29, 0.717) is 30.1 Å². The van der Waals surface area contributed by atoms with Gasteiger partial charge in [0.25, 0.3) is 0 Å². The Hall–Kier alpha value is -4.62. The van der Waals surface area contributed by atoms with Crippen molar-refractivity contribution in [3.63, 3.8) is 0 Å². The molecule has 0 unspecified atom stereocenters. The maximum absolute atomic E-state index is 12.8. The zero-order valence-corrected chi connectivity index (χ0v) is 21.9. The van der Waals surface area contributed by atoms with Crippen LogP contribution in [-0.4, -0.2) is 31.1 Å². The number of esters is 3. The summed E-state index contributed by atoms with van der Waals surface area (Å²) >= 11 is 6.30. The number of carbonyl (C=O) groups is 3. The molecule has 4 rings (SSSR count). The van der Waals surface area contributed by atoms with Crippen molar-refractivity contribution in [3.8, 4) is 17.2 Å². The third-order valence-corrected chi connectivity index (χ3v) is 5.91. The first kappa shape index (κ1) is 27.4. The molecule has 8 heteroatoms. The van der Waals surface area contributed by atoms with Crippen molar-refractivity contribution in [2.24, 2.45) is 0 Å². The largest absolute Gasteiger partial charge is 0.493 e. The minimum absolute atomic E-state index is 0.101. The Morgan fingerprint density at radius 2 is 1.41 bits per heavy atom. The molecule has 198 valence electrons. The first-order valence-corrected chi connectivity index (χ1v) is 12.5. The Kier molecular flexibility index (Phi) is 8.97. The van der Waals surface area contributed by atoms with Crippen molar-refractivity contribution < 1.29 is 33.3 Å². The fourth-order valence-electron chi connectivity index (χ4n) is 3.56. The van der Waals surface area contributed by atoms with Gasteiger partial charge in [0, 0.05) is 12.5 Å². The Morgan fingerprint density at radius 3 is 2.15 bits per heavy atom. The second-order valence-electron chi connectivity index (χ2n) is 8.53. The van der Waals surface area contributed by atoms with E-state index in [1.54, 1.807) is 36.4 Å². The molecule has 0 aliphatic rings. The van der Waals surface area contributed by atoms with Crippen LogP contribution in [0.25, 0.3) is 10.8 Å². The van der Waals surface area contributed by atoms with Gasteiger partial charge in [-0.2, -0.15) is 0 Å². The molecule has 0 radical (unpaired) electrons. The number of benzene rings is 4. The van der Waals surface area contributed by atoms with Crippen LogP contribution in [0, 0.1) is 6.92 Å². The third kappa shape index (κ3) is 7.46. The molecule has 7 nitrogen and oxygen atoms in total. The molecule has 4 aromatic rings. The summed E-state index contributed by atoms with van der Waals surface area (Å²) in [5, 5.41) is 1.79. The van der Waals surface area contributed by atoms with E-state index in [4.69, 9.17) is 30.5 Å². The summed E-state index contributed by atoms with van der Waals surface area (Å²) in [6.07, 6.45) is 1.66. The number of ether oxygens (including phenoxy) is 4. The van der Waals surface area contributed by atoms with Gasteiger partial charge in [-0.1, -0.05) is 48.0 Å². The molecule has 4 aromatic carbocycles. The predicted molar refractivity (Wildman–Crippen MR) is 148 cm³/mol. The number of rotatable bonds is 10. The topological polar surface area (TPSA) is 88.1 Å². The summed E-state index contributed by atoms with van der Waals surface area (Å²) in [5.41, 5.74) is 1.60. The van der Waals surface area contributed by atoms with E-state index in [9.17, 15) is 14.4 Å². The van der Waals surface area contributed by atoms with Gasteiger partial charge in [-0.05, 0) is 72.3 Å². The van der Waals surface area contributed by atoms with Gasteiger partial charge < -0.3 is 18.9 Å². The lowest BCUT2D eigenvalue weighted by molar-refractivity contribution is -0.137. The van der Waals surface area contributed by atoms with E-state index in [2.05, 4.69) is 6.58 Å². The normalized spacial score (nSPS) is 10.5. The third-order valence-electron chi connectivity index (χ3n) is 5.62. The lowest BCUT2D eigenvalue weighted by Gasteiger charge is -2.10. The second kappa shape index (κ2) is 12.8. The Labute approximate surface area is 230 Å². The molecule has 0 fully saturated rings. The van der Waals surface area contributed by atoms with Crippen LogP contribution in [0.5, 0.6) is 17.2 Å². The van der Waals surface area contributed by atoms with Gasteiger partial charge in [0.15, 0.2) is 0 Å². The monoisotopic (exact) mass is 544 g/mol. The molecule has 0 aromatic heterocycles. The van der Waals surface area contributed by atoms with Crippen molar-refractivity contribution in [1.29, 1.82) is 0 Å². The van der Waals surface area contributed by atoms with Gasteiger partial charge in [-0.25, -0.2) is 14.4 Å². The first-order valence-electron chi connectivity index (χ1n) is 12.1. The van der Waals surface area contributed by atoms with Gasteiger partial charge >= 0.3 is 17.9 Å². The number of hydrogen-bond donors (Lipinski definition) is 0. The van der Waals surface area contributed by atoms with Gasteiger partial charge in [0.2, 0.25) is 0 Å². The Morgan fingerprint density at radius 1 is 0.769 bits per heavy atom. The highest BCUT2D eigenvalue weighted by Gasteiger charge is 2.16. The molecular formula is C31H25ClO7. The lowest BCUT2D eigenvalue weighted by Crippen LogP contribution is -2.11. The van der Waals surface area contributed by atoms with Crippen LogP contribution in [0.4, 0.5) is 0 Å². The van der Waals surface area contributed by atoms with Gasteiger partial charge in [0.05, 0.1) is 29.4 Å². The van der Waals surface area contributed by atoms with Gasteiger partial charge in [0.1, 0.15) is 17.2 Å². The maximum atomic E-state index is 12.8. The molecule has 0 saturated carbocycles. The van der Waals surface area contributed by atoms with E-state index in [1.165, 1.54) is 18.2 Å². The van der Waals surface area contributed by atoms with Crippen molar-refractivity contribution in [3.05, 3.63) is 113 Å². The summed E-state index contributed by atoms with van der Waals surface area (Å²) in [6.45, 7) is 5.90. The van der Waals surface area contributed by atoms with Crippen LogP contribution in [0.1, 0.15) is 32.7 Å². The van der Waals surface area contributed by atoms with E-state index in [-0.39, 0.29) is 22.9 Å². The summed E-state index contributed by atoms with van der Waals surface area (Å²) in [7, 11) is 0. The highest BCUT2D eigenvalue weighted by atomic mass is 35.5. The smallest absolute Gasteiger partial charge is 0.343 e. The minimum atomic E-state index is -0.594. The fourth-order valence-corrected chi connectivity index (χ4v) is 3.78. The SMILES string of the molecule is C=CC(=O)OCCCOc1ccc2cc(C(=O)Oc3ccc(C(=O)Oc4ccc(C)cc4)cc3Cl)ccc2c1. The quantitative estimate of drug-likeness (QED) is 0.0945. The Bertz CT molecular complexity index is 1530. The zero-order chi connectivity index (χ0) is 27.8. The maximum Gasteiger partial charge on any atom is 0.343 e. The molecule has 0 bridgehead atoms. The molecule has 0 spiro atoms. The summed E-state index contributed by atoms with van der Waals surface area (Å²) in [4.78, 5) is 36.3. The molecule has 0 aliphatic heterocycles. The standard InChI is InChI=1S/C31H25ClO7/c1-3-29(33)37-16-4-15-36-26-13-9-21-17-23(8-7-22(21)18-26)31(35)39-28-14-10-24(19-27(28)32)30(34)38-25-11-5-20(2)6-12-25/h3,5-14,17-19H,1,4,15-16H2,2H3. The zero-order valence-electron chi connectivity index (χ0n) is 21.1. The van der Waals surface area contributed by atoms with Crippen molar-refractivity contribution in [1.82, 2.24) is 0 Å². The molecular weight excluding hydrogens is 520 g/mol. The van der Waals surface area contributed by atoms with Crippen LogP contribution in [0.2, 0.25) is 5.02 Å². The van der Waals surface area contributed by atoms with E-state index in [1.807, 2.05) is 31.2 Å². The molecule has 0 atom stereocenters. The Balaban J connectivity index is 1.36. The van der Waals surface area contributed by atoms with E-state index in [0.717, 1.165) is 22.4 Å². The number of hydrogen-bond acceptors (Lipinski definition) is 7. The highest BCUT2D eigenvalue weighted by molar-refractivity contribution is 6.32. The van der Waals surface area contributed by atoms with Gasteiger partial charge in [-0.15, -0.1) is 0 Å². The van der Waals surface area contributed by atoms with Crippen LogP contribution >= 0.6 is 11.6 Å². The molecule has 0 heterocycles. The minimum Gasteiger partial charge on any atom is -0.493 e. The predicted octanol–water partition coefficient (Wildman–Crippen LogP) is 6.74. The fraction of sp³-hybridized carbons (Fsp3) is 0.129. The van der Waals surface area contributed by atoms with Crippen molar-refractivity contribution in [2.75, 3.05) is 13.2 Å². The highest BCUT2D eigenvalue weighted by Crippen LogP contribution is 2.28. The van der Waals surface area contributed by atoms with Crippen LogP contribution in [0.15, 0.2) is 91.5 Å². The van der Waals surface area contributed by atoms with Crippen molar-refractivity contribution in [2.45, 2.75) is 13.3 Å². The summed E-state index contributed by atoms with van der Waals surface area (Å²) in [5.74, 6) is -0.445. The van der Waals surface area contributed by atoms with Crippen LogP contribution in [-0.2, 0) is 9.53 Å². The molecule has 0 aliphatic carbocycles. The van der Waals surface area contributed by atoms with E-state index < -0.39 is 17.9 Å². The average Bonchev–Trinajstić information content (AvgIpc) is 2.94. The van der Waals surface area contributed by atoms with E-state index >= 15 is 0 Å². The summed E-state index contributed by atoms with van der Waals surface area (Å²) < 4.78 is 21.5. The van der Waals surface area contributed by atoms with Gasteiger partial charge in [-0.3, -0.25) is 0 Å². The van der Waals surface area contributed by atoms with Crippen molar-refractivity contribution >= 4 is 40.3 Å². The molecule has 0 saturated heterocycles. The second-order valence-corrected chi connectivity index (χ2v) is 8.94. The first-order chi connectivity index (χ1) is 18.8. The average molecular weight is 545 g/mol. The van der Waals surface area contributed by atoms with Crippen LogP contribution < -0.4 is 14.2 Å². The number of fused-ring (bicyclic) bond motifs is 1. The lowest BCUT2D eigenvalue weighted by atomic mass is 10.1. The molecule has 0 N–H and O–H groups in total. The number of carbonyl (C=O) groups excluding carboxylic acids is 3. The summed E-state index contributed by atoms with van der Waals surface area (Å²) in [6, 6.07) is 22.0. The number of halogens is 1. The molecule has 0 amide bonds.